The first-order valence-corrected chi connectivity index (χ1v) is 8.71. The maximum absolute atomic E-state index is 12.1. The Morgan fingerprint density at radius 2 is 1.93 bits per heavy atom. The van der Waals surface area contributed by atoms with E-state index in [0.29, 0.717) is 21.4 Å². The van der Waals surface area contributed by atoms with E-state index in [1.54, 1.807) is 31.2 Å². The quantitative estimate of drug-likeness (QED) is 0.672. The maximum Gasteiger partial charge on any atom is 0.336 e. The summed E-state index contributed by atoms with van der Waals surface area (Å²) >= 11 is 6.07. The average Bonchev–Trinajstić information content (AvgIpc) is 2.66. The summed E-state index contributed by atoms with van der Waals surface area (Å²) in [6.07, 6.45) is 0. The second-order valence-electron chi connectivity index (χ2n) is 5.96. The van der Waals surface area contributed by atoms with Gasteiger partial charge in [-0.05, 0) is 48.0 Å². The second-order valence-corrected chi connectivity index (χ2v) is 6.40. The van der Waals surface area contributed by atoms with E-state index in [4.69, 9.17) is 22.1 Å². The van der Waals surface area contributed by atoms with Crippen molar-refractivity contribution in [1.29, 1.82) is 5.26 Å². The second kappa shape index (κ2) is 7.59. The molecule has 6 nitrogen and oxygen atoms in total. The van der Waals surface area contributed by atoms with Crippen LogP contribution in [0.2, 0.25) is 5.02 Å². The van der Waals surface area contributed by atoms with Crippen LogP contribution in [0.5, 0.6) is 5.75 Å². The van der Waals surface area contributed by atoms with E-state index in [-0.39, 0.29) is 34.6 Å². The number of carbonyl (C=O) groups excluding carboxylic acids is 1. The van der Waals surface area contributed by atoms with Gasteiger partial charge in [0, 0.05) is 21.7 Å². The Balaban J connectivity index is 2.48. The van der Waals surface area contributed by atoms with Gasteiger partial charge < -0.3 is 15.6 Å². The third kappa shape index (κ3) is 3.36. The van der Waals surface area contributed by atoms with Crippen LogP contribution < -0.4 is 10.5 Å². The fourth-order valence-corrected chi connectivity index (χ4v) is 3.30. The predicted octanol–water partition coefficient (Wildman–Crippen LogP) is 4.23. The number of halogens is 1. The van der Waals surface area contributed by atoms with Gasteiger partial charge in [-0.15, -0.1) is 0 Å². The number of hydrogen-bond donors (Lipinski definition) is 2. The van der Waals surface area contributed by atoms with Crippen LogP contribution in [0.4, 0.5) is 0 Å². The molecule has 0 atom stereocenters. The number of carboxylic acids is 1. The van der Waals surface area contributed by atoms with Crippen molar-refractivity contribution in [2.45, 2.75) is 6.92 Å². The summed E-state index contributed by atoms with van der Waals surface area (Å²) in [4.78, 5) is 24.0. The summed E-state index contributed by atoms with van der Waals surface area (Å²) in [6, 6.07) is 12.9. The highest BCUT2D eigenvalue weighted by Crippen LogP contribution is 2.38. The van der Waals surface area contributed by atoms with Crippen molar-refractivity contribution in [3.63, 3.8) is 0 Å². The molecule has 0 saturated carbocycles. The highest BCUT2D eigenvalue weighted by atomic mass is 35.5. The lowest BCUT2D eigenvalue weighted by Gasteiger charge is -2.16. The Hall–Kier alpha value is -3.56. The van der Waals surface area contributed by atoms with Gasteiger partial charge in [-0.1, -0.05) is 23.7 Å². The molecule has 0 aliphatic rings. The van der Waals surface area contributed by atoms with Gasteiger partial charge in [0.1, 0.15) is 11.8 Å². The van der Waals surface area contributed by atoms with Crippen molar-refractivity contribution in [1.82, 2.24) is 0 Å². The molecule has 3 aromatic rings. The first-order valence-electron chi connectivity index (χ1n) is 8.34. The first-order chi connectivity index (χ1) is 13.4. The molecule has 0 spiro atoms. The SMILES string of the molecule is CCOc1cc(-c2c(C(N)=O)ccc3cc(Cl)ccc23)c(C(=O)O)cc1C#N. The molecule has 3 N–H and O–H groups in total. The summed E-state index contributed by atoms with van der Waals surface area (Å²) in [7, 11) is 0. The Morgan fingerprint density at radius 3 is 2.54 bits per heavy atom. The minimum atomic E-state index is -1.24. The van der Waals surface area contributed by atoms with E-state index in [1.165, 1.54) is 18.2 Å². The zero-order valence-electron chi connectivity index (χ0n) is 14.8. The number of nitriles is 1. The zero-order valence-corrected chi connectivity index (χ0v) is 15.6. The van der Waals surface area contributed by atoms with E-state index in [0.717, 1.165) is 0 Å². The molecule has 3 aromatic carbocycles. The number of nitrogens with two attached hydrogens (primary N) is 1. The minimum absolute atomic E-state index is 0.0897. The van der Waals surface area contributed by atoms with Crippen molar-refractivity contribution in [2.24, 2.45) is 5.73 Å². The van der Waals surface area contributed by atoms with Crippen LogP contribution in [0, 0.1) is 11.3 Å². The van der Waals surface area contributed by atoms with Gasteiger partial charge in [0.05, 0.1) is 17.7 Å². The van der Waals surface area contributed by atoms with Crippen LogP contribution in [0.3, 0.4) is 0 Å². The molecule has 0 fully saturated rings. The lowest BCUT2D eigenvalue weighted by molar-refractivity contribution is 0.0697. The number of amides is 1. The maximum atomic E-state index is 12.1. The number of hydrogen-bond acceptors (Lipinski definition) is 4. The molecule has 0 aromatic heterocycles. The van der Waals surface area contributed by atoms with E-state index in [9.17, 15) is 20.0 Å². The molecule has 1 amide bonds. The predicted molar refractivity (Wildman–Crippen MR) is 106 cm³/mol. The van der Waals surface area contributed by atoms with Gasteiger partial charge in [-0.3, -0.25) is 4.79 Å². The summed E-state index contributed by atoms with van der Waals surface area (Å²) in [5, 5.41) is 20.9. The molecule has 3 rings (SSSR count). The molecule has 0 heterocycles. The molecule has 0 aliphatic heterocycles. The third-order valence-corrected chi connectivity index (χ3v) is 4.52. The molecular formula is C21H15ClN2O4. The number of rotatable bonds is 5. The van der Waals surface area contributed by atoms with Gasteiger partial charge >= 0.3 is 5.97 Å². The summed E-state index contributed by atoms with van der Waals surface area (Å²) in [5.74, 6) is -1.71. The van der Waals surface area contributed by atoms with E-state index in [2.05, 4.69) is 0 Å². The number of benzene rings is 3. The van der Waals surface area contributed by atoms with E-state index < -0.39 is 11.9 Å². The number of primary amides is 1. The standard InChI is InChI=1S/C21H15ClN2O4/c1-2-28-18-9-16(17(21(26)27)8-12(18)10-23)19-14-6-4-13(22)7-11(14)3-5-15(19)20(24)25/h3-9H,2H2,1H3,(H2,24,25)(H,26,27). The summed E-state index contributed by atoms with van der Waals surface area (Å²) in [6.45, 7) is 2.04. The molecule has 0 bridgehead atoms. The molecule has 140 valence electrons. The first kappa shape index (κ1) is 19.2. The van der Waals surface area contributed by atoms with Gasteiger partial charge in [0.25, 0.3) is 0 Å². The van der Waals surface area contributed by atoms with Crippen LogP contribution in [0.15, 0.2) is 42.5 Å². The third-order valence-electron chi connectivity index (χ3n) is 4.29. The summed E-state index contributed by atoms with van der Waals surface area (Å²) in [5.41, 5.74) is 6.25. The molecule has 0 radical (unpaired) electrons. The van der Waals surface area contributed by atoms with Crippen LogP contribution in [-0.2, 0) is 0 Å². The van der Waals surface area contributed by atoms with Crippen molar-refractivity contribution in [2.75, 3.05) is 6.61 Å². The monoisotopic (exact) mass is 394 g/mol. The minimum Gasteiger partial charge on any atom is -0.492 e. The molecular weight excluding hydrogens is 380 g/mol. The number of fused-ring (bicyclic) bond motifs is 1. The van der Waals surface area contributed by atoms with Crippen LogP contribution in [0.25, 0.3) is 21.9 Å². The van der Waals surface area contributed by atoms with Crippen molar-refractivity contribution in [3.05, 3.63) is 64.2 Å². The van der Waals surface area contributed by atoms with E-state index in [1.807, 2.05) is 6.07 Å². The fraction of sp³-hybridized carbons (Fsp3) is 0.0952. The number of nitrogens with zero attached hydrogens (tertiary/aromatic N) is 1. The van der Waals surface area contributed by atoms with Gasteiger partial charge in [0.15, 0.2) is 0 Å². The lowest BCUT2D eigenvalue weighted by atomic mass is 9.89. The Morgan fingerprint density at radius 1 is 1.18 bits per heavy atom. The number of carboxylic acid groups (broad SMARTS) is 1. The Kier molecular flexibility index (Phi) is 5.21. The van der Waals surface area contributed by atoms with Crippen LogP contribution >= 0.6 is 11.6 Å². The van der Waals surface area contributed by atoms with Gasteiger partial charge in [-0.2, -0.15) is 5.26 Å². The van der Waals surface area contributed by atoms with Crippen molar-refractivity contribution in [3.8, 4) is 22.9 Å². The smallest absolute Gasteiger partial charge is 0.336 e. The van der Waals surface area contributed by atoms with Crippen molar-refractivity contribution < 1.29 is 19.4 Å². The Bertz CT molecular complexity index is 1170. The lowest BCUT2D eigenvalue weighted by Crippen LogP contribution is -2.14. The Labute approximate surface area is 165 Å². The van der Waals surface area contributed by atoms with Gasteiger partial charge in [-0.25, -0.2) is 4.79 Å². The molecule has 0 unspecified atom stereocenters. The normalized spacial score (nSPS) is 10.5. The zero-order chi connectivity index (χ0) is 20.4. The molecule has 0 aliphatic carbocycles. The van der Waals surface area contributed by atoms with Crippen LogP contribution in [0.1, 0.15) is 33.2 Å². The largest absolute Gasteiger partial charge is 0.492 e. The number of aromatic carboxylic acids is 1. The van der Waals surface area contributed by atoms with Crippen LogP contribution in [-0.4, -0.2) is 23.6 Å². The number of ether oxygens (including phenoxy) is 1. The summed E-state index contributed by atoms with van der Waals surface area (Å²) < 4.78 is 5.50. The highest BCUT2D eigenvalue weighted by Gasteiger charge is 2.22. The highest BCUT2D eigenvalue weighted by molar-refractivity contribution is 6.31. The van der Waals surface area contributed by atoms with Crippen molar-refractivity contribution >= 4 is 34.2 Å². The fourth-order valence-electron chi connectivity index (χ4n) is 3.12. The van der Waals surface area contributed by atoms with Gasteiger partial charge in [0.2, 0.25) is 5.91 Å². The molecule has 0 saturated heterocycles. The van der Waals surface area contributed by atoms with E-state index >= 15 is 0 Å². The molecule has 28 heavy (non-hydrogen) atoms. The number of carbonyl (C=O) groups is 2. The average molecular weight is 395 g/mol. The molecule has 7 heteroatoms. The topological polar surface area (TPSA) is 113 Å².